The highest BCUT2D eigenvalue weighted by atomic mass is 35.5. The second kappa shape index (κ2) is 7.00. The second-order valence-corrected chi connectivity index (χ2v) is 4.90. The number of rotatable bonds is 5. The zero-order chi connectivity index (χ0) is 16.2. The minimum atomic E-state index is -0.797. The highest BCUT2D eigenvalue weighted by Gasteiger charge is 2.20. The smallest absolute Gasteiger partial charge is 0.288 e. The maximum atomic E-state index is 12.0. The van der Waals surface area contributed by atoms with E-state index in [1.54, 1.807) is 14.1 Å². The van der Waals surface area contributed by atoms with Crippen molar-refractivity contribution in [2.24, 2.45) is 0 Å². The van der Waals surface area contributed by atoms with E-state index in [1.807, 2.05) is 0 Å². The van der Waals surface area contributed by atoms with Crippen LogP contribution in [0.2, 0.25) is 5.02 Å². The summed E-state index contributed by atoms with van der Waals surface area (Å²) in [7, 11) is 3.27. The Bertz CT molecular complexity index is 576. The number of nitrogens with one attached hydrogen (secondary N) is 2. The molecule has 0 aliphatic rings. The van der Waals surface area contributed by atoms with Gasteiger partial charge in [-0.15, -0.1) is 0 Å². The molecule has 0 heterocycles. The van der Waals surface area contributed by atoms with Gasteiger partial charge in [-0.05, 0) is 19.1 Å². The Labute approximate surface area is 126 Å². The van der Waals surface area contributed by atoms with Crippen LogP contribution in [-0.2, 0) is 4.79 Å². The van der Waals surface area contributed by atoms with Crippen molar-refractivity contribution in [1.82, 2.24) is 15.8 Å². The SMILES string of the molecule is C[C@H](NC(=O)c1ccc(Cl)c([N+](=O)[O-])c1)C(=O)NN(C)C. The Kier molecular flexibility index (Phi) is 5.62. The predicted molar refractivity (Wildman–Crippen MR) is 76.9 cm³/mol. The summed E-state index contributed by atoms with van der Waals surface area (Å²) in [4.78, 5) is 33.7. The Morgan fingerprint density at radius 2 is 2.00 bits per heavy atom. The summed E-state index contributed by atoms with van der Waals surface area (Å²) in [5, 5.41) is 14.6. The van der Waals surface area contributed by atoms with Crippen LogP contribution >= 0.6 is 11.6 Å². The summed E-state index contributed by atoms with van der Waals surface area (Å²) in [5.41, 5.74) is 2.17. The molecule has 2 amide bonds. The lowest BCUT2D eigenvalue weighted by Crippen LogP contribution is -2.48. The van der Waals surface area contributed by atoms with Crippen LogP contribution in [0, 0.1) is 10.1 Å². The minimum absolute atomic E-state index is 0.0515. The lowest BCUT2D eigenvalue weighted by molar-refractivity contribution is -0.384. The first-order valence-corrected chi connectivity index (χ1v) is 6.32. The summed E-state index contributed by atoms with van der Waals surface area (Å²) < 4.78 is 0. The van der Waals surface area contributed by atoms with E-state index in [4.69, 9.17) is 11.6 Å². The molecule has 1 rings (SSSR count). The van der Waals surface area contributed by atoms with Crippen molar-refractivity contribution < 1.29 is 14.5 Å². The molecule has 0 radical (unpaired) electrons. The van der Waals surface area contributed by atoms with Gasteiger partial charge in [0.25, 0.3) is 17.5 Å². The lowest BCUT2D eigenvalue weighted by Gasteiger charge is -2.17. The van der Waals surface area contributed by atoms with Crippen LogP contribution in [0.3, 0.4) is 0 Å². The van der Waals surface area contributed by atoms with E-state index in [-0.39, 0.29) is 16.3 Å². The number of hydrogen-bond acceptors (Lipinski definition) is 5. The Morgan fingerprint density at radius 1 is 1.38 bits per heavy atom. The van der Waals surface area contributed by atoms with Gasteiger partial charge in [-0.3, -0.25) is 25.1 Å². The number of carbonyl (C=O) groups excluding carboxylic acids is 2. The van der Waals surface area contributed by atoms with Gasteiger partial charge in [-0.25, -0.2) is 5.01 Å². The number of halogens is 1. The fourth-order valence-corrected chi connectivity index (χ4v) is 1.64. The third-order valence-corrected chi connectivity index (χ3v) is 2.80. The Balaban J connectivity index is 2.83. The van der Waals surface area contributed by atoms with Gasteiger partial charge in [0.05, 0.1) is 4.92 Å². The van der Waals surface area contributed by atoms with Gasteiger partial charge < -0.3 is 5.32 Å². The predicted octanol–water partition coefficient (Wildman–Crippen LogP) is 0.959. The molecule has 2 N–H and O–H groups in total. The molecule has 1 atom stereocenters. The number of amides is 2. The van der Waals surface area contributed by atoms with Crippen molar-refractivity contribution in [1.29, 1.82) is 0 Å². The van der Waals surface area contributed by atoms with Gasteiger partial charge in [-0.1, -0.05) is 11.6 Å². The molecule has 1 aromatic rings. The van der Waals surface area contributed by atoms with Crippen molar-refractivity contribution in [2.75, 3.05) is 14.1 Å². The summed E-state index contributed by atoms with van der Waals surface area (Å²) in [6, 6.07) is 2.88. The van der Waals surface area contributed by atoms with E-state index in [1.165, 1.54) is 24.1 Å². The molecule has 114 valence electrons. The molecule has 1 aromatic carbocycles. The van der Waals surface area contributed by atoms with Crippen LogP contribution in [0.1, 0.15) is 17.3 Å². The Hall–Kier alpha value is -2.19. The highest BCUT2D eigenvalue weighted by Crippen LogP contribution is 2.24. The van der Waals surface area contributed by atoms with Crippen LogP contribution in [0.25, 0.3) is 0 Å². The molecule has 0 spiro atoms. The summed E-state index contributed by atoms with van der Waals surface area (Å²) in [5.74, 6) is -1.01. The van der Waals surface area contributed by atoms with Gasteiger partial charge in [0.2, 0.25) is 0 Å². The topological polar surface area (TPSA) is 105 Å². The second-order valence-electron chi connectivity index (χ2n) is 4.49. The van der Waals surface area contributed by atoms with Crippen molar-refractivity contribution >= 4 is 29.1 Å². The number of benzene rings is 1. The van der Waals surface area contributed by atoms with Crippen LogP contribution in [0.4, 0.5) is 5.69 Å². The van der Waals surface area contributed by atoms with Crippen LogP contribution in [0.5, 0.6) is 0 Å². The summed E-state index contributed by atoms with van der Waals surface area (Å²) in [6.07, 6.45) is 0. The molecule has 0 saturated heterocycles. The van der Waals surface area contributed by atoms with Crippen molar-refractivity contribution in [3.63, 3.8) is 0 Å². The maximum absolute atomic E-state index is 12.0. The van der Waals surface area contributed by atoms with Crippen molar-refractivity contribution in [3.05, 3.63) is 38.9 Å². The minimum Gasteiger partial charge on any atom is -0.340 e. The molecule has 0 aliphatic carbocycles. The number of nitro benzene ring substituents is 1. The molecule has 0 bridgehead atoms. The molecule has 0 aromatic heterocycles. The molecule has 0 aliphatic heterocycles. The van der Waals surface area contributed by atoms with E-state index in [9.17, 15) is 19.7 Å². The van der Waals surface area contributed by atoms with E-state index in [0.717, 1.165) is 6.07 Å². The standard InChI is InChI=1S/C12H15ClN4O4/c1-7(11(18)15-16(2)3)14-12(19)8-4-5-9(13)10(6-8)17(20)21/h4-7H,1-3H3,(H,14,19)(H,15,18)/t7-/m0/s1. The van der Waals surface area contributed by atoms with Crippen LogP contribution in [-0.4, -0.2) is 41.9 Å². The fourth-order valence-electron chi connectivity index (χ4n) is 1.46. The van der Waals surface area contributed by atoms with Gasteiger partial charge in [0.1, 0.15) is 11.1 Å². The van der Waals surface area contributed by atoms with E-state index < -0.39 is 22.8 Å². The average molecular weight is 315 g/mol. The number of nitro groups is 1. The third-order valence-electron chi connectivity index (χ3n) is 2.48. The molecule has 21 heavy (non-hydrogen) atoms. The maximum Gasteiger partial charge on any atom is 0.288 e. The lowest BCUT2D eigenvalue weighted by atomic mass is 10.1. The van der Waals surface area contributed by atoms with Gasteiger partial charge in [-0.2, -0.15) is 0 Å². The quantitative estimate of drug-likeness (QED) is 0.622. The monoisotopic (exact) mass is 314 g/mol. The van der Waals surface area contributed by atoms with Crippen LogP contribution < -0.4 is 10.7 Å². The van der Waals surface area contributed by atoms with E-state index >= 15 is 0 Å². The molecule has 0 unspecified atom stereocenters. The first kappa shape index (κ1) is 16.9. The highest BCUT2D eigenvalue weighted by molar-refractivity contribution is 6.32. The first-order chi connectivity index (χ1) is 9.72. The largest absolute Gasteiger partial charge is 0.340 e. The van der Waals surface area contributed by atoms with Gasteiger partial charge in [0, 0.05) is 25.7 Å². The average Bonchev–Trinajstić information content (AvgIpc) is 2.37. The van der Waals surface area contributed by atoms with Crippen molar-refractivity contribution in [2.45, 2.75) is 13.0 Å². The van der Waals surface area contributed by atoms with Crippen molar-refractivity contribution in [3.8, 4) is 0 Å². The number of nitrogens with zero attached hydrogens (tertiary/aromatic N) is 2. The third kappa shape index (κ3) is 4.69. The molecule has 9 heteroatoms. The number of hydrazine groups is 1. The molecule has 0 saturated carbocycles. The molecule has 0 fully saturated rings. The normalized spacial score (nSPS) is 11.9. The Morgan fingerprint density at radius 3 is 2.52 bits per heavy atom. The zero-order valence-electron chi connectivity index (χ0n) is 11.7. The van der Waals surface area contributed by atoms with Gasteiger partial charge >= 0.3 is 0 Å². The number of carbonyl (C=O) groups is 2. The van der Waals surface area contributed by atoms with E-state index in [0.29, 0.717) is 0 Å². The molecular formula is C12H15ClN4O4. The number of hydrogen-bond donors (Lipinski definition) is 2. The molecular weight excluding hydrogens is 300 g/mol. The summed E-state index contributed by atoms with van der Waals surface area (Å²) in [6.45, 7) is 1.50. The zero-order valence-corrected chi connectivity index (χ0v) is 12.5. The fraction of sp³-hybridized carbons (Fsp3) is 0.333. The molecule has 8 nitrogen and oxygen atoms in total. The summed E-state index contributed by atoms with van der Waals surface area (Å²) >= 11 is 5.67. The first-order valence-electron chi connectivity index (χ1n) is 5.95. The van der Waals surface area contributed by atoms with E-state index in [2.05, 4.69) is 10.7 Å². The van der Waals surface area contributed by atoms with Gasteiger partial charge in [0.15, 0.2) is 0 Å². The van der Waals surface area contributed by atoms with Crippen LogP contribution in [0.15, 0.2) is 18.2 Å².